The molecule has 4 aromatic rings. The molecule has 0 saturated carbocycles. The van der Waals surface area contributed by atoms with Gasteiger partial charge in [0.2, 0.25) is 23.6 Å². The van der Waals surface area contributed by atoms with Gasteiger partial charge in [-0.25, -0.2) is 4.99 Å². The summed E-state index contributed by atoms with van der Waals surface area (Å²) < 4.78 is 0. The van der Waals surface area contributed by atoms with Gasteiger partial charge in [-0.1, -0.05) is 97.1 Å². The summed E-state index contributed by atoms with van der Waals surface area (Å²) in [5.74, 6) is -2.28. The molecule has 44 heavy (non-hydrogen) atoms. The first-order valence-electron chi connectivity index (χ1n) is 14.0. The van der Waals surface area contributed by atoms with Gasteiger partial charge in [0, 0.05) is 6.54 Å². The van der Waals surface area contributed by atoms with E-state index < -0.39 is 29.7 Å². The first kappa shape index (κ1) is 31.2. The average molecular weight is 591 g/mol. The van der Waals surface area contributed by atoms with Crippen molar-refractivity contribution in [1.82, 2.24) is 10.2 Å². The van der Waals surface area contributed by atoms with Crippen molar-refractivity contribution in [1.29, 1.82) is 0 Å². The highest BCUT2D eigenvalue weighted by Gasteiger charge is 2.36. The topological polar surface area (TPSA) is 174 Å². The molecule has 1 unspecified atom stereocenters. The van der Waals surface area contributed by atoms with Crippen molar-refractivity contribution >= 4 is 35.3 Å². The molecular formula is C34H34N6O4. The van der Waals surface area contributed by atoms with E-state index in [0.717, 1.165) is 16.0 Å². The maximum atomic E-state index is 14.0. The molecule has 0 heterocycles. The lowest BCUT2D eigenvalue weighted by Crippen LogP contribution is -2.48. The predicted molar refractivity (Wildman–Crippen MR) is 168 cm³/mol. The summed E-state index contributed by atoms with van der Waals surface area (Å²) in [7, 11) is 0. The van der Waals surface area contributed by atoms with Crippen LogP contribution >= 0.6 is 0 Å². The number of imide groups is 1. The van der Waals surface area contributed by atoms with Crippen LogP contribution in [-0.2, 0) is 45.0 Å². The molecule has 224 valence electrons. The van der Waals surface area contributed by atoms with Gasteiger partial charge in [0.05, 0.1) is 24.9 Å². The molecule has 0 aliphatic carbocycles. The SMILES string of the molecule is NC(=O)Cc1ccc(CNC(=O)C(c2cccc(N=C(N)N)c2)N(C(=O)Cc2ccccc2)C(=O)Cc2ccccc2)cc1. The van der Waals surface area contributed by atoms with Crippen LogP contribution in [0.25, 0.3) is 0 Å². The number of primary amides is 1. The summed E-state index contributed by atoms with van der Waals surface area (Å²) >= 11 is 0. The molecule has 4 aromatic carbocycles. The summed E-state index contributed by atoms with van der Waals surface area (Å²) in [6, 6.07) is 30.2. The number of hydrogen-bond acceptors (Lipinski definition) is 5. The molecular weight excluding hydrogens is 556 g/mol. The Morgan fingerprint density at radius 2 is 1.16 bits per heavy atom. The van der Waals surface area contributed by atoms with E-state index >= 15 is 0 Å². The monoisotopic (exact) mass is 590 g/mol. The third-order valence-electron chi connectivity index (χ3n) is 6.75. The first-order chi connectivity index (χ1) is 21.2. The number of nitrogens with one attached hydrogen (secondary N) is 1. The van der Waals surface area contributed by atoms with Crippen LogP contribution in [-0.4, -0.2) is 34.5 Å². The van der Waals surface area contributed by atoms with Gasteiger partial charge in [0.25, 0.3) is 0 Å². The van der Waals surface area contributed by atoms with Crippen LogP contribution in [0.3, 0.4) is 0 Å². The summed E-state index contributed by atoms with van der Waals surface area (Å²) in [5.41, 5.74) is 20.1. The van der Waals surface area contributed by atoms with Gasteiger partial charge in [-0.3, -0.25) is 24.1 Å². The Hall–Kier alpha value is -5.77. The molecule has 7 N–H and O–H groups in total. The van der Waals surface area contributed by atoms with Gasteiger partial charge in [0.1, 0.15) is 6.04 Å². The normalized spacial score (nSPS) is 11.2. The maximum Gasteiger partial charge on any atom is 0.248 e. The highest BCUT2D eigenvalue weighted by molar-refractivity contribution is 6.02. The number of amides is 4. The molecule has 4 amide bonds. The molecule has 0 radical (unpaired) electrons. The summed E-state index contributed by atoms with van der Waals surface area (Å²) in [6.45, 7) is 0.105. The average Bonchev–Trinajstić information content (AvgIpc) is 2.99. The highest BCUT2D eigenvalue weighted by Crippen LogP contribution is 2.27. The van der Waals surface area contributed by atoms with Crippen LogP contribution in [0, 0.1) is 0 Å². The number of nitrogens with two attached hydrogens (primary N) is 3. The van der Waals surface area contributed by atoms with Gasteiger partial charge in [-0.15, -0.1) is 0 Å². The van der Waals surface area contributed by atoms with Crippen molar-refractivity contribution in [3.8, 4) is 0 Å². The van der Waals surface area contributed by atoms with Crippen molar-refractivity contribution in [2.75, 3.05) is 0 Å². The van der Waals surface area contributed by atoms with E-state index in [-0.39, 0.29) is 31.8 Å². The quantitative estimate of drug-likeness (QED) is 0.146. The number of rotatable bonds is 12. The molecule has 0 saturated heterocycles. The molecule has 0 aromatic heterocycles. The Morgan fingerprint density at radius 1 is 0.636 bits per heavy atom. The van der Waals surface area contributed by atoms with Crippen LogP contribution in [0.1, 0.15) is 33.9 Å². The zero-order valence-corrected chi connectivity index (χ0v) is 24.1. The number of guanidine groups is 1. The Morgan fingerprint density at radius 3 is 1.68 bits per heavy atom. The van der Waals surface area contributed by atoms with E-state index in [0.29, 0.717) is 22.4 Å². The molecule has 0 bridgehead atoms. The Bertz CT molecular complexity index is 1580. The Kier molecular flexibility index (Phi) is 10.6. The number of hydrogen-bond donors (Lipinski definition) is 4. The van der Waals surface area contributed by atoms with Crippen molar-refractivity contribution < 1.29 is 19.2 Å². The number of carbonyl (C=O) groups is 4. The fourth-order valence-electron chi connectivity index (χ4n) is 4.73. The fourth-order valence-corrected chi connectivity index (χ4v) is 4.73. The molecule has 0 fully saturated rings. The first-order valence-corrected chi connectivity index (χ1v) is 14.0. The van der Waals surface area contributed by atoms with Crippen LogP contribution in [0.4, 0.5) is 5.69 Å². The van der Waals surface area contributed by atoms with Crippen LogP contribution in [0.5, 0.6) is 0 Å². The second-order valence-electron chi connectivity index (χ2n) is 10.2. The number of benzene rings is 4. The van der Waals surface area contributed by atoms with Crippen LogP contribution in [0.15, 0.2) is 114 Å². The van der Waals surface area contributed by atoms with Crippen molar-refractivity contribution in [2.45, 2.75) is 31.8 Å². The van der Waals surface area contributed by atoms with Crippen molar-refractivity contribution in [3.05, 3.63) is 137 Å². The van der Waals surface area contributed by atoms with E-state index in [1.807, 2.05) is 12.1 Å². The summed E-state index contributed by atoms with van der Waals surface area (Å²) in [6.07, 6.45) is -0.0943. The number of nitrogens with zero attached hydrogens (tertiary/aromatic N) is 2. The standard InChI is InChI=1S/C34H34N6O4/c35-29(41)18-25-14-16-26(17-15-25)22-38-33(44)32(27-12-7-13-28(21-27)39-34(36)37)40(30(42)19-23-8-3-1-4-9-23)31(43)20-24-10-5-2-6-11-24/h1-17,21,32H,18-20,22H2,(H2,35,41)(H,38,44)(H4,36,37,39). The minimum atomic E-state index is -1.33. The summed E-state index contributed by atoms with van der Waals surface area (Å²) in [5, 5.41) is 2.87. The molecule has 0 aliphatic rings. The highest BCUT2D eigenvalue weighted by atomic mass is 16.2. The van der Waals surface area contributed by atoms with E-state index in [2.05, 4.69) is 10.3 Å². The smallest absolute Gasteiger partial charge is 0.248 e. The maximum absolute atomic E-state index is 14.0. The van der Waals surface area contributed by atoms with E-state index in [4.69, 9.17) is 17.2 Å². The van der Waals surface area contributed by atoms with Gasteiger partial charge in [-0.05, 0) is 39.9 Å². The molecule has 10 heteroatoms. The van der Waals surface area contributed by atoms with E-state index in [1.54, 1.807) is 97.1 Å². The number of aliphatic imine (C=N–C) groups is 1. The largest absolute Gasteiger partial charge is 0.370 e. The predicted octanol–water partition coefficient (Wildman–Crippen LogP) is 2.82. The van der Waals surface area contributed by atoms with Crippen LogP contribution in [0.2, 0.25) is 0 Å². The lowest BCUT2D eigenvalue weighted by molar-refractivity contribution is -0.152. The second kappa shape index (κ2) is 14.9. The third-order valence-corrected chi connectivity index (χ3v) is 6.75. The van der Waals surface area contributed by atoms with Crippen molar-refractivity contribution in [2.24, 2.45) is 22.2 Å². The zero-order valence-electron chi connectivity index (χ0n) is 24.1. The minimum absolute atomic E-state index is 0.0972. The fraction of sp³-hybridized carbons (Fsp3) is 0.147. The van der Waals surface area contributed by atoms with Gasteiger partial charge in [0.15, 0.2) is 5.96 Å². The van der Waals surface area contributed by atoms with E-state index in [1.165, 1.54) is 0 Å². The third kappa shape index (κ3) is 8.86. The molecule has 0 spiro atoms. The van der Waals surface area contributed by atoms with Gasteiger partial charge < -0.3 is 22.5 Å². The zero-order chi connectivity index (χ0) is 31.5. The van der Waals surface area contributed by atoms with Gasteiger partial charge in [-0.2, -0.15) is 0 Å². The van der Waals surface area contributed by atoms with Gasteiger partial charge >= 0.3 is 0 Å². The van der Waals surface area contributed by atoms with Crippen LogP contribution < -0.4 is 22.5 Å². The second-order valence-corrected chi connectivity index (χ2v) is 10.2. The molecule has 1 atom stereocenters. The minimum Gasteiger partial charge on any atom is -0.370 e. The summed E-state index contributed by atoms with van der Waals surface area (Å²) in [4.78, 5) is 58.3. The van der Waals surface area contributed by atoms with E-state index in [9.17, 15) is 19.2 Å². The lowest BCUT2D eigenvalue weighted by Gasteiger charge is -2.30. The lowest BCUT2D eigenvalue weighted by atomic mass is 10.00. The molecule has 10 nitrogen and oxygen atoms in total. The Labute approximate surface area is 255 Å². The molecule has 0 aliphatic heterocycles. The number of carbonyl (C=O) groups excluding carboxylic acids is 4. The molecule has 4 rings (SSSR count). The Balaban J connectivity index is 1.71. The van der Waals surface area contributed by atoms with Crippen molar-refractivity contribution in [3.63, 3.8) is 0 Å².